The van der Waals surface area contributed by atoms with Gasteiger partial charge in [0.2, 0.25) is 15.9 Å². The summed E-state index contributed by atoms with van der Waals surface area (Å²) in [5.41, 5.74) is 0.856. The van der Waals surface area contributed by atoms with Gasteiger partial charge in [-0.2, -0.15) is 4.31 Å². The fraction of sp³-hybridized carbons (Fsp3) is 0.364. The number of hydrogen-bond donors (Lipinski definition) is 2. The Labute approximate surface area is 196 Å². The monoisotopic (exact) mass is 497 g/mol. The van der Waals surface area contributed by atoms with E-state index in [1.54, 1.807) is 24.3 Å². The predicted molar refractivity (Wildman–Crippen MR) is 120 cm³/mol. The number of carbonyl (C=O) groups is 2. The molecule has 34 heavy (non-hydrogen) atoms. The summed E-state index contributed by atoms with van der Waals surface area (Å²) in [6.45, 7) is 0.344. The third kappa shape index (κ3) is 6.49. The second-order valence-electron chi connectivity index (χ2n) is 7.58. The van der Waals surface area contributed by atoms with Crippen LogP contribution in [0.5, 0.6) is 0 Å². The van der Waals surface area contributed by atoms with Crippen LogP contribution in [0.4, 0.5) is 25.0 Å². The van der Waals surface area contributed by atoms with Gasteiger partial charge in [0.15, 0.2) is 0 Å². The van der Waals surface area contributed by atoms with Crippen LogP contribution < -0.4 is 10.6 Å². The van der Waals surface area contributed by atoms with Gasteiger partial charge >= 0.3 is 6.09 Å². The van der Waals surface area contributed by atoms with E-state index in [0.717, 1.165) is 16.4 Å². The van der Waals surface area contributed by atoms with Crippen LogP contribution >= 0.6 is 0 Å². The SMILES string of the molecule is COCCOC(=O)Nc1cccc(NC(=O)C2CCN(S(=O)(=O)c3cc(F)ccc3F)CC2)c1. The molecule has 0 bridgehead atoms. The second-order valence-corrected chi connectivity index (χ2v) is 9.48. The standard InChI is InChI=1S/C22H25F2N3O6S/c1-32-11-12-33-22(29)26-18-4-2-3-17(14-18)25-21(28)15-7-9-27(10-8-15)34(30,31)20-13-16(23)5-6-19(20)24/h2-6,13-15H,7-12H2,1H3,(H,25,28)(H,26,29). The number of piperidine rings is 1. The number of hydrogen-bond acceptors (Lipinski definition) is 6. The summed E-state index contributed by atoms with van der Waals surface area (Å²) in [6, 6.07) is 8.74. The van der Waals surface area contributed by atoms with E-state index in [4.69, 9.17) is 9.47 Å². The van der Waals surface area contributed by atoms with Crippen molar-refractivity contribution in [1.29, 1.82) is 0 Å². The molecule has 2 aromatic rings. The molecule has 2 aromatic carbocycles. The number of nitrogens with zero attached hydrogens (tertiary/aromatic N) is 1. The summed E-state index contributed by atoms with van der Waals surface area (Å²) in [7, 11) is -2.74. The molecule has 1 saturated heterocycles. The molecule has 1 fully saturated rings. The minimum absolute atomic E-state index is 0.00865. The fourth-order valence-electron chi connectivity index (χ4n) is 3.46. The van der Waals surface area contributed by atoms with Crippen LogP contribution in [0.25, 0.3) is 0 Å². The number of nitrogens with one attached hydrogen (secondary N) is 2. The molecule has 184 valence electrons. The molecule has 2 amide bonds. The van der Waals surface area contributed by atoms with Crippen molar-refractivity contribution in [3.63, 3.8) is 0 Å². The third-order valence-corrected chi connectivity index (χ3v) is 7.15. The molecule has 0 spiro atoms. The van der Waals surface area contributed by atoms with Crippen LogP contribution in [0.15, 0.2) is 47.4 Å². The number of amides is 2. The number of ether oxygens (including phenoxy) is 2. The minimum atomic E-state index is -4.22. The zero-order valence-corrected chi connectivity index (χ0v) is 19.2. The number of methoxy groups -OCH3 is 1. The number of benzene rings is 2. The van der Waals surface area contributed by atoms with E-state index in [1.165, 1.54) is 7.11 Å². The van der Waals surface area contributed by atoms with Crippen LogP contribution in [0.2, 0.25) is 0 Å². The first-order valence-corrected chi connectivity index (χ1v) is 11.9. The highest BCUT2D eigenvalue weighted by atomic mass is 32.2. The van der Waals surface area contributed by atoms with Gasteiger partial charge in [-0.25, -0.2) is 22.0 Å². The van der Waals surface area contributed by atoms with Gasteiger partial charge in [-0.15, -0.1) is 0 Å². The van der Waals surface area contributed by atoms with Gasteiger partial charge in [0.25, 0.3) is 0 Å². The summed E-state index contributed by atoms with van der Waals surface area (Å²) in [6.07, 6.45) is -0.235. The molecular formula is C22H25F2N3O6S. The molecule has 0 unspecified atom stereocenters. The molecule has 2 N–H and O–H groups in total. The number of sulfonamides is 1. The molecular weight excluding hydrogens is 472 g/mol. The topological polar surface area (TPSA) is 114 Å². The zero-order chi connectivity index (χ0) is 24.7. The molecule has 1 aliphatic heterocycles. The maximum Gasteiger partial charge on any atom is 0.411 e. The number of rotatable bonds is 8. The van der Waals surface area contributed by atoms with Crippen molar-refractivity contribution in [2.45, 2.75) is 17.7 Å². The Bertz CT molecular complexity index is 1140. The summed E-state index contributed by atoms with van der Waals surface area (Å²) in [4.78, 5) is 23.7. The quantitative estimate of drug-likeness (QED) is 0.542. The molecule has 9 nitrogen and oxygen atoms in total. The Morgan fingerprint density at radius 2 is 1.71 bits per heavy atom. The lowest BCUT2D eigenvalue weighted by atomic mass is 9.97. The maximum atomic E-state index is 14.0. The first kappa shape index (κ1) is 25.5. The van der Waals surface area contributed by atoms with Crippen molar-refractivity contribution >= 4 is 33.4 Å². The van der Waals surface area contributed by atoms with Crippen molar-refractivity contribution in [2.24, 2.45) is 5.92 Å². The van der Waals surface area contributed by atoms with Crippen LogP contribution in [0.1, 0.15) is 12.8 Å². The Kier molecular flexibility index (Phi) is 8.53. The summed E-state index contributed by atoms with van der Waals surface area (Å²) in [5.74, 6) is -2.67. The van der Waals surface area contributed by atoms with Crippen molar-refractivity contribution in [1.82, 2.24) is 4.31 Å². The normalized spacial score (nSPS) is 15.0. The van der Waals surface area contributed by atoms with Crippen molar-refractivity contribution in [3.8, 4) is 0 Å². The van der Waals surface area contributed by atoms with E-state index in [1.807, 2.05) is 0 Å². The molecule has 0 saturated carbocycles. The average molecular weight is 498 g/mol. The predicted octanol–water partition coefficient (Wildman–Crippen LogP) is 3.20. The van der Waals surface area contributed by atoms with Crippen LogP contribution in [-0.2, 0) is 24.3 Å². The lowest BCUT2D eigenvalue weighted by Gasteiger charge is -2.30. The first-order valence-electron chi connectivity index (χ1n) is 10.5. The average Bonchev–Trinajstić information content (AvgIpc) is 2.81. The van der Waals surface area contributed by atoms with E-state index >= 15 is 0 Å². The van der Waals surface area contributed by atoms with Crippen LogP contribution in [-0.4, -0.2) is 58.1 Å². The van der Waals surface area contributed by atoms with Gasteiger partial charge in [-0.3, -0.25) is 10.1 Å². The second kappa shape index (κ2) is 11.4. The van der Waals surface area contributed by atoms with E-state index < -0.39 is 38.6 Å². The summed E-state index contributed by atoms with van der Waals surface area (Å²) in [5, 5.41) is 5.29. The Balaban J connectivity index is 1.56. The molecule has 0 atom stereocenters. The molecule has 12 heteroatoms. The zero-order valence-electron chi connectivity index (χ0n) is 18.4. The van der Waals surface area contributed by atoms with Gasteiger partial charge in [-0.05, 0) is 49.2 Å². The summed E-state index contributed by atoms with van der Waals surface area (Å²) < 4.78 is 63.6. The molecule has 1 heterocycles. The smallest absolute Gasteiger partial charge is 0.411 e. The van der Waals surface area contributed by atoms with Gasteiger partial charge in [-0.1, -0.05) is 6.07 Å². The fourth-order valence-corrected chi connectivity index (χ4v) is 5.01. The van der Waals surface area contributed by atoms with Crippen LogP contribution in [0.3, 0.4) is 0 Å². The van der Waals surface area contributed by atoms with Crippen molar-refractivity contribution in [2.75, 3.05) is 44.0 Å². The van der Waals surface area contributed by atoms with Gasteiger partial charge in [0.1, 0.15) is 23.1 Å². The van der Waals surface area contributed by atoms with Gasteiger partial charge in [0, 0.05) is 37.5 Å². The highest BCUT2D eigenvalue weighted by Gasteiger charge is 2.33. The third-order valence-electron chi connectivity index (χ3n) is 5.23. The van der Waals surface area contributed by atoms with Crippen LogP contribution in [0, 0.1) is 17.6 Å². The highest BCUT2D eigenvalue weighted by Crippen LogP contribution is 2.27. The summed E-state index contributed by atoms with van der Waals surface area (Å²) >= 11 is 0. The molecule has 0 aliphatic carbocycles. The first-order chi connectivity index (χ1) is 16.2. The minimum Gasteiger partial charge on any atom is -0.447 e. The Morgan fingerprint density at radius 1 is 1.03 bits per heavy atom. The lowest BCUT2D eigenvalue weighted by Crippen LogP contribution is -2.41. The molecule has 0 aromatic heterocycles. The highest BCUT2D eigenvalue weighted by molar-refractivity contribution is 7.89. The molecule has 0 radical (unpaired) electrons. The van der Waals surface area contributed by atoms with Crippen molar-refractivity contribution < 1.29 is 36.3 Å². The number of carbonyl (C=O) groups excluding carboxylic acids is 2. The molecule has 1 aliphatic rings. The maximum absolute atomic E-state index is 14.0. The van der Waals surface area contributed by atoms with E-state index in [2.05, 4.69) is 10.6 Å². The molecule has 3 rings (SSSR count). The van der Waals surface area contributed by atoms with E-state index in [0.29, 0.717) is 17.4 Å². The van der Waals surface area contributed by atoms with Crippen molar-refractivity contribution in [3.05, 3.63) is 54.1 Å². The largest absolute Gasteiger partial charge is 0.447 e. The van der Waals surface area contributed by atoms with E-state index in [-0.39, 0.29) is 45.1 Å². The Hall–Kier alpha value is -3.09. The number of anilines is 2. The number of halogens is 2. The van der Waals surface area contributed by atoms with Gasteiger partial charge in [0.05, 0.1) is 6.61 Å². The Morgan fingerprint density at radius 3 is 2.38 bits per heavy atom. The van der Waals surface area contributed by atoms with E-state index in [9.17, 15) is 26.8 Å². The van der Waals surface area contributed by atoms with Gasteiger partial charge < -0.3 is 14.8 Å². The lowest BCUT2D eigenvalue weighted by molar-refractivity contribution is -0.120.